The Morgan fingerprint density at radius 2 is 1.40 bits per heavy atom. The van der Waals surface area contributed by atoms with Gasteiger partial charge in [-0.15, -0.1) is 0 Å². The van der Waals surface area contributed by atoms with Gasteiger partial charge in [-0.1, -0.05) is 67.1 Å². The third-order valence-electron chi connectivity index (χ3n) is 10.7. The van der Waals surface area contributed by atoms with Crippen LogP contribution in [0.1, 0.15) is 82.3 Å². The van der Waals surface area contributed by atoms with Crippen molar-refractivity contribution in [3.05, 3.63) is 71.8 Å². The van der Waals surface area contributed by atoms with Crippen molar-refractivity contribution < 1.29 is 33.6 Å². The lowest BCUT2D eigenvalue weighted by atomic mass is 10.0. The number of nitrogens with one attached hydrogen (secondary N) is 7. The number of amides is 7. The second-order valence-corrected chi connectivity index (χ2v) is 15.7. The minimum absolute atomic E-state index is 0.0232. The van der Waals surface area contributed by atoms with Crippen LogP contribution in [-0.4, -0.2) is 114 Å². The fourth-order valence-electron chi connectivity index (χ4n) is 7.56. The molecule has 0 bridgehead atoms. The molecule has 0 aliphatic carbocycles. The van der Waals surface area contributed by atoms with E-state index in [9.17, 15) is 33.6 Å². The van der Waals surface area contributed by atoms with Crippen LogP contribution < -0.4 is 49.1 Å². The summed E-state index contributed by atoms with van der Waals surface area (Å²) >= 11 is 0. The maximum absolute atomic E-state index is 14.5. The molecule has 0 spiro atoms. The average Bonchev–Trinajstić information content (AvgIpc) is 3.73. The molecular weight excluding hydrogens is 797 g/mol. The molecule has 13 N–H and O–H groups in total. The van der Waals surface area contributed by atoms with E-state index in [1.165, 1.54) is 11.8 Å². The number of rotatable bonds is 16. The lowest BCUT2D eigenvalue weighted by molar-refractivity contribution is -0.142. The summed E-state index contributed by atoms with van der Waals surface area (Å²) < 4.78 is 0. The summed E-state index contributed by atoms with van der Waals surface area (Å²) in [6.45, 7) is 1.73. The van der Waals surface area contributed by atoms with Gasteiger partial charge in [-0.3, -0.25) is 44.0 Å². The minimum Gasteiger partial charge on any atom is -0.388 e. The molecule has 2 heterocycles. The number of carbonyl (C=O) groups excluding carboxylic acids is 7. The Labute approximate surface area is 362 Å². The third-order valence-corrected chi connectivity index (χ3v) is 10.7. The number of amidine groups is 1. The van der Waals surface area contributed by atoms with Crippen molar-refractivity contribution in [3.8, 4) is 0 Å². The van der Waals surface area contributed by atoms with Crippen molar-refractivity contribution in [3.63, 3.8) is 0 Å². The highest BCUT2D eigenvalue weighted by Gasteiger charge is 2.40. The van der Waals surface area contributed by atoms with Crippen LogP contribution >= 0.6 is 0 Å². The zero-order chi connectivity index (χ0) is 45.0. The highest BCUT2D eigenvalue weighted by molar-refractivity contribution is 5.97. The van der Waals surface area contributed by atoms with E-state index in [-0.39, 0.29) is 76.4 Å². The van der Waals surface area contributed by atoms with Crippen LogP contribution in [0, 0.1) is 5.41 Å². The van der Waals surface area contributed by atoms with Crippen molar-refractivity contribution >= 4 is 53.1 Å². The normalized spacial score (nSPS) is 22.0. The third kappa shape index (κ3) is 15.8. The molecular formula is C43H62N12O7. The van der Waals surface area contributed by atoms with E-state index < -0.39 is 77.6 Å². The molecule has 2 saturated heterocycles. The van der Waals surface area contributed by atoms with Crippen LogP contribution in [0.25, 0.3) is 0 Å². The van der Waals surface area contributed by atoms with Crippen LogP contribution in [0.3, 0.4) is 0 Å². The number of hydrogen-bond acceptors (Lipinski definition) is 9. The number of benzene rings is 2. The first kappa shape index (κ1) is 48.1. The van der Waals surface area contributed by atoms with Crippen molar-refractivity contribution in [2.24, 2.45) is 22.2 Å². The van der Waals surface area contributed by atoms with Crippen LogP contribution in [-0.2, 0) is 46.4 Å². The number of fused-ring (bicyclic) bond motifs is 1. The topological polar surface area (TPSA) is 309 Å². The summed E-state index contributed by atoms with van der Waals surface area (Å²) in [7, 11) is 0. The van der Waals surface area contributed by atoms with Crippen LogP contribution in [0.15, 0.2) is 65.7 Å². The molecule has 7 amide bonds. The smallest absolute Gasteiger partial charge is 0.245 e. The fraction of sp³-hybridized carbons (Fsp3) is 0.512. The van der Waals surface area contributed by atoms with E-state index >= 15 is 0 Å². The van der Waals surface area contributed by atoms with Gasteiger partial charge in [0.1, 0.15) is 36.3 Å². The lowest BCUT2D eigenvalue weighted by Gasteiger charge is -2.31. The number of unbranched alkanes of at least 4 members (excludes halogenated alkanes) is 1. The first-order valence-electron chi connectivity index (χ1n) is 21.2. The van der Waals surface area contributed by atoms with Gasteiger partial charge in [0, 0.05) is 45.8 Å². The molecule has 6 atom stereocenters. The van der Waals surface area contributed by atoms with Crippen molar-refractivity contribution in [1.29, 1.82) is 5.41 Å². The predicted octanol–water partition coefficient (Wildman–Crippen LogP) is -0.633. The summed E-state index contributed by atoms with van der Waals surface area (Å²) in [5.41, 5.74) is 18.1. The van der Waals surface area contributed by atoms with Gasteiger partial charge >= 0.3 is 0 Å². The van der Waals surface area contributed by atoms with Crippen molar-refractivity contribution in [2.75, 3.05) is 19.6 Å². The molecule has 0 radical (unpaired) electrons. The van der Waals surface area contributed by atoms with Crippen LogP contribution in [0.4, 0.5) is 0 Å². The highest BCUT2D eigenvalue weighted by atomic mass is 16.2. The Hall–Kier alpha value is -6.53. The van der Waals surface area contributed by atoms with Gasteiger partial charge in [-0.2, -0.15) is 0 Å². The van der Waals surface area contributed by atoms with E-state index in [4.69, 9.17) is 22.6 Å². The fourth-order valence-corrected chi connectivity index (χ4v) is 7.56. The largest absolute Gasteiger partial charge is 0.388 e. The Kier molecular flexibility index (Phi) is 19.1. The first-order chi connectivity index (χ1) is 29.7. The summed E-state index contributed by atoms with van der Waals surface area (Å²) in [6.07, 6.45) is 2.95. The van der Waals surface area contributed by atoms with Gasteiger partial charge in [0.25, 0.3) is 0 Å². The molecule has 19 heteroatoms. The standard InChI is InChI=1S/C43H62N12O7/c1-27(56)50-33(25-28-13-4-2-5-14-28)39(59)53-32-19-11-22-48-37(57)30(18-10-23-49-43(46)47)51-40(60)34(26-29-15-6-3-7-16-29)54-38(58)31(17-8-9-21-36(44)45)52-41(61)35-20-12-24-55(35)42(32)62/h2-7,13-16,30-35H,8-12,17-26H2,1H3,(H3,44,45)(H,48,57)(H,50,56)(H,51,60)(H,52,61)(H,53,59)(H,54,58)(H4,46,47,49)/t30-,31+,32-,33-,34-,35-/m0/s1. The molecule has 2 aliphatic rings. The molecule has 62 heavy (non-hydrogen) atoms. The van der Waals surface area contributed by atoms with Gasteiger partial charge in [0.15, 0.2) is 5.96 Å². The molecule has 4 rings (SSSR count). The highest BCUT2D eigenvalue weighted by Crippen LogP contribution is 2.21. The van der Waals surface area contributed by atoms with Crippen LogP contribution in [0.5, 0.6) is 0 Å². The second-order valence-electron chi connectivity index (χ2n) is 15.7. The zero-order valence-electron chi connectivity index (χ0n) is 35.3. The molecule has 0 saturated carbocycles. The van der Waals surface area contributed by atoms with Gasteiger partial charge < -0.3 is 54.0 Å². The minimum atomic E-state index is -1.16. The number of nitrogens with zero attached hydrogens (tertiary/aromatic N) is 2. The maximum Gasteiger partial charge on any atom is 0.245 e. The number of carbonyl (C=O) groups is 7. The Morgan fingerprint density at radius 3 is 2.06 bits per heavy atom. The van der Waals surface area contributed by atoms with E-state index in [1.54, 1.807) is 24.3 Å². The molecule has 2 aromatic rings. The first-order valence-corrected chi connectivity index (χ1v) is 21.2. The number of guanidine groups is 1. The second kappa shape index (κ2) is 24.7. The summed E-state index contributed by atoms with van der Waals surface area (Å²) in [6, 6.07) is 11.5. The monoisotopic (exact) mass is 858 g/mol. The Balaban J connectivity index is 1.68. The van der Waals surface area contributed by atoms with Crippen LogP contribution in [0.2, 0.25) is 0 Å². The summed E-state index contributed by atoms with van der Waals surface area (Å²) in [5.74, 6) is -4.12. The van der Waals surface area contributed by atoms with E-state index in [2.05, 4.69) is 36.9 Å². The predicted molar refractivity (Wildman–Crippen MR) is 233 cm³/mol. The Morgan fingerprint density at radius 1 is 0.790 bits per heavy atom. The van der Waals surface area contributed by atoms with Gasteiger partial charge in [0.2, 0.25) is 41.4 Å². The molecule has 2 aromatic carbocycles. The van der Waals surface area contributed by atoms with Crippen molar-refractivity contribution in [2.45, 2.75) is 120 Å². The molecule has 2 aliphatic heterocycles. The SMILES string of the molecule is CC(=O)N[C@@H](Cc1ccccc1)C(=O)N[C@H]1CCCNC(=O)[C@H](CCCN=C(N)N)NC(=O)[C@H](Cc2ccccc2)NC(=O)[C@@H](CCCCC(=N)N)NC(=O)[C@@H]2CCCN2C1=O. The molecule has 0 unspecified atom stereocenters. The van der Waals surface area contributed by atoms with E-state index in [0.29, 0.717) is 32.1 Å². The molecule has 2 fully saturated rings. The maximum atomic E-state index is 14.5. The summed E-state index contributed by atoms with van der Waals surface area (Å²) in [4.78, 5) is 102. The van der Waals surface area contributed by atoms with Gasteiger partial charge in [-0.05, 0) is 62.5 Å². The molecule has 336 valence electrons. The quantitative estimate of drug-likeness (QED) is 0.0579. The molecule has 0 aromatic heterocycles. The van der Waals surface area contributed by atoms with E-state index in [1.807, 2.05) is 36.4 Å². The average molecular weight is 859 g/mol. The zero-order valence-corrected chi connectivity index (χ0v) is 35.3. The number of aliphatic imine (C=N–C) groups is 1. The van der Waals surface area contributed by atoms with Gasteiger partial charge in [0.05, 0.1) is 5.84 Å². The van der Waals surface area contributed by atoms with E-state index in [0.717, 1.165) is 11.1 Å². The number of nitrogens with two attached hydrogens (primary N) is 3. The Bertz CT molecular complexity index is 1890. The molecule has 19 nitrogen and oxygen atoms in total. The lowest BCUT2D eigenvalue weighted by Crippen LogP contribution is -2.60. The summed E-state index contributed by atoms with van der Waals surface area (Å²) in [5, 5.41) is 24.4. The van der Waals surface area contributed by atoms with Crippen molar-refractivity contribution in [1.82, 2.24) is 36.8 Å². The number of hydrogen-bond donors (Lipinski definition) is 10. The van der Waals surface area contributed by atoms with Gasteiger partial charge in [-0.25, -0.2) is 0 Å².